The van der Waals surface area contributed by atoms with Gasteiger partial charge in [-0.15, -0.1) is 0 Å². The Morgan fingerprint density at radius 3 is 2.77 bits per heavy atom. The van der Waals surface area contributed by atoms with Gasteiger partial charge in [0.2, 0.25) is 11.8 Å². The quantitative estimate of drug-likeness (QED) is 0.804. The third-order valence-electron chi connectivity index (χ3n) is 3.78. The van der Waals surface area contributed by atoms with Crippen molar-refractivity contribution in [2.75, 3.05) is 38.7 Å². The van der Waals surface area contributed by atoms with Crippen molar-refractivity contribution in [2.45, 2.75) is 18.6 Å². The molecule has 2 rings (SSSR count). The lowest BCUT2D eigenvalue weighted by atomic mass is 10.2. The summed E-state index contributed by atoms with van der Waals surface area (Å²) in [6.45, 7) is 1.37. The molecule has 2 N–H and O–H groups in total. The van der Waals surface area contributed by atoms with Crippen LogP contribution in [-0.4, -0.2) is 56.1 Å². The number of likely N-dealkylation sites (N-methyl/N-ethyl adjacent to an activating group) is 1. The number of carbonyl (C=O) groups excluding carboxylic acids is 2. The van der Waals surface area contributed by atoms with Crippen molar-refractivity contribution in [3.05, 3.63) is 28.8 Å². The summed E-state index contributed by atoms with van der Waals surface area (Å²) in [6, 6.07) is 2.96. The molecule has 1 aliphatic rings. The van der Waals surface area contributed by atoms with E-state index in [1.165, 1.54) is 18.0 Å². The number of morpholine rings is 1. The van der Waals surface area contributed by atoms with Gasteiger partial charge in [0.05, 0.1) is 30.3 Å². The molecule has 10 heteroatoms. The van der Waals surface area contributed by atoms with Gasteiger partial charge in [-0.2, -0.15) is 13.2 Å². The van der Waals surface area contributed by atoms with Gasteiger partial charge < -0.3 is 20.3 Å². The van der Waals surface area contributed by atoms with Gasteiger partial charge in [-0.1, -0.05) is 11.6 Å². The Bertz CT molecular complexity index is 664. The van der Waals surface area contributed by atoms with Crippen LogP contribution in [0.4, 0.5) is 18.9 Å². The van der Waals surface area contributed by atoms with E-state index < -0.39 is 22.7 Å². The molecule has 0 saturated carbocycles. The van der Waals surface area contributed by atoms with Gasteiger partial charge in [0.25, 0.3) is 0 Å². The summed E-state index contributed by atoms with van der Waals surface area (Å²) in [6.07, 6.45) is -4.46. The largest absolute Gasteiger partial charge is 0.417 e. The van der Waals surface area contributed by atoms with Gasteiger partial charge in [-0.05, 0) is 18.2 Å². The zero-order chi connectivity index (χ0) is 19.3. The zero-order valence-corrected chi connectivity index (χ0v) is 14.8. The summed E-state index contributed by atoms with van der Waals surface area (Å²) in [7, 11) is 1.45. The van der Waals surface area contributed by atoms with E-state index in [0.29, 0.717) is 19.8 Å². The van der Waals surface area contributed by atoms with Crippen molar-refractivity contribution < 1.29 is 27.5 Å². The maximum atomic E-state index is 12.8. The van der Waals surface area contributed by atoms with E-state index in [1.54, 1.807) is 0 Å². The molecule has 2 amide bonds. The maximum Gasteiger partial charge on any atom is 0.417 e. The van der Waals surface area contributed by atoms with Gasteiger partial charge in [-0.3, -0.25) is 9.59 Å². The van der Waals surface area contributed by atoms with Crippen molar-refractivity contribution in [3.8, 4) is 0 Å². The molecule has 1 aromatic carbocycles. The second-order valence-corrected chi connectivity index (χ2v) is 6.33. The predicted octanol–water partition coefficient (Wildman–Crippen LogP) is 2.13. The lowest BCUT2D eigenvalue weighted by Crippen LogP contribution is -2.45. The van der Waals surface area contributed by atoms with Crippen LogP contribution in [0, 0.1) is 0 Å². The molecule has 0 bridgehead atoms. The van der Waals surface area contributed by atoms with Gasteiger partial charge in [0, 0.05) is 31.7 Å². The van der Waals surface area contributed by atoms with Crippen molar-refractivity contribution in [2.24, 2.45) is 0 Å². The molecule has 0 spiro atoms. The molecule has 144 valence electrons. The van der Waals surface area contributed by atoms with Crippen LogP contribution in [0.3, 0.4) is 0 Å². The summed E-state index contributed by atoms with van der Waals surface area (Å²) in [5, 5.41) is 5.02. The van der Waals surface area contributed by atoms with Crippen molar-refractivity contribution in [1.29, 1.82) is 0 Å². The minimum absolute atomic E-state index is 0.0464. The Labute approximate surface area is 153 Å². The van der Waals surface area contributed by atoms with E-state index in [9.17, 15) is 22.8 Å². The Balaban J connectivity index is 1.90. The molecule has 1 fully saturated rings. The number of benzene rings is 1. The number of ether oxygens (including phenoxy) is 1. The highest BCUT2D eigenvalue weighted by molar-refractivity contribution is 6.31. The lowest BCUT2D eigenvalue weighted by Gasteiger charge is -2.25. The highest BCUT2D eigenvalue weighted by Gasteiger charge is 2.33. The smallest absolute Gasteiger partial charge is 0.378 e. The Morgan fingerprint density at radius 2 is 2.15 bits per heavy atom. The Kier molecular flexibility index (Phi) is 6.85. The minimum Gasteiger partial charge on any atom is -0.378 e. The molecule has 26 heavy (non-hydrogen) atoms. The van der Waals surface area contributed by atoms with Crippen LogP contribution in [0.25, 0.3) is 0 Å². The number of hydrogen-bond acceptors (Lipinski definition) is 4. The van der Waals surface area contributed by atoms with Crippen molar-refractivity contribution in [3.63, 3.8) is 0 Å². The first-order valence-electron chi connectivity index (χ1n) is 7.88. The predicted molar refractivity (Wildman–Crippen MR) is 89.9 cm³/mol. The number of nitrogens with zero attached hydrogens (tertiary/aromatic N) is 1. The van der Waals surface area contributed by atoms with Crippen LogP contribution in [0.2, 0.25) is 5.02 Å². The first-order chi connectivity index (χ1) is 12.2. The van der Waals surface area contributed by atoms with Crippen LogP contribution in [0.5, 0.6) is 0 Å². The lowest BCUT2D eigenvalue weighted by molar-refractivity contribution is -0.137. The average Bonchev–Trinajstić information content (AvgIpc) is 2.56. The third kappa shape index (κ3) is 5.86. The van der Waals surface area contributed by atoms with Gasteiger partial charge >= 0.3 is 6.18 Å². The van der Waals surface area contributed by atoms with E-state index in [0.717, 1.165) is 12.1 Å². The standard InChI is InChI=1S/C16H19ClF3N3O3/c1-23(15(25)7-11-9-26-5-4-21-11)8-14(24)22-10-2-3-13(17)12(6-10)16(18,19)20/h2-3,6,11,21H,4-5,7-9H2,1H3,(H,22,24). The van der Waals surface area contributed by atoms with Crippen molar-refractivity contribution >= 4 is 29.1 Å². The SMILES string of the molecule is CN(CC(=O)Nc1ccc(Cl)c(C(F)(F)F)c1)C(=O)CC1COCCN1. The maximum absolute atomic E-state index is 12.8. The number of anilines is 1. The number of carbonyl (C=O) groups is 2. The first kappa shape index (κ1) is 20.5. The van der Waals surface area contributed by atoms with Gasteiger partial charge in [-0.25, -0.2) is 0 Å². The number of amides is 2. The molecule has 1 aromatic rings. The molecule has 1 atom stereocenters. The number of rotatable bonds is 5. The molecule has 0 radical (unpaired) electrons. The molecular weight excluding hydrogens is 375 g/mol. The summed E-state index contributed by atoms with van der Waals surface area (Å²) in [4.78, 5) is 25.3. The topological polar surface area (TPSA) is 70.7 Å². The van der Waals surface area contributed by atoms with Crippen LogP contribution >= 0.6 is 11.6 Å². The van der Waals surface area contributed by atoms with E-state index in [1.807, 2.05) is 0 Å². The molecular formula is C16H19ClF3N3O3. The van der Waals surface area contributed by atoms with Crippen LogP contribution in [-0.2, 0) is 20.5 Å². The zero-order valence-electron chi connectivity index (χ0n) is 14.0. The molecule has 0 aliphatic carbocycles. The summed E-state index contributed by atoms with van der Waals surface area (Å²) in [5.74, 6) is -0.876. The fourth-order valence-corrected chi connectivity index (χ4v) is 2.67. The second kappa shape index (κ2) is 8.70. The van der Waals surface area contributed by atoms with Crippen LogP contribution < -0.4 is 10.6 Å². The van der Waals surface area contributed by atoms with Crippen LogP contribution in [0.1, 0.15) is 12.0 Å². The van der Waals surface area contributed by atoms with E-state index in [-0.39, 0.29) is 30.6 Å². The number of alkyl halides is 3. The molecule has 1 saturated heterocycles. The minimum atomic E-state index is -4.63. The molecule has 1 aliphatic heterocycles. The Morgan fingerprint density at radius 1 is 1.42 bits per heavy atom. The van der Waals surface area contributed by atoms with Crippen molar-refractivity contribution in [1.82, 2.24) is 10.2 Å². The Hall–Kier alpha value is -1.84. The fraction of sp³-hybridized carbons (Fsp3) is 0.500. The summed E-state index contributed by atoms with van der Waals surface area (Å²) in [5.41, 5.74) is -1.08. The highest BCUT2D eigenvalue weighted by atomic mass is 35.5. The van der Waals surface area contributed by atoms with Crippen LogP contribution in [0.15, 0.2) is 18.2 Å². The third-order valence-corrected chi connectivity index (χ3v) is 4.11. The van der Waals surface area contributed by atoms with E-state index >= 15 is 0 Å². The highest BCUT2D eigenvalue weighted by Crippen LogP contribution is 2.36. The first-order valence-corrected chi connectivity index (χ1v) is 8.26. The average molecular weight is 394 g/mol. The molecule has 1 unspecified atom stereocenters. The summed E-state index contributed by atoms with van der Waals surface area (Å²) < 4.78 is 43.8. The fourth-order valence-electron chi connectivity index (χ4n) is 2.44. The van der Waals surface area contributed by atoms with E-state index in [4.69, 9.17) is 16.3 Å². The van der Waals surface area contributed by atoms with Gasteiger partial charge in [0.1, 0.15) is 0 Å². The number of nitrogens with one attached hydrogen (secondary N) is 2. The monoisotopic (exact) mass is 393 g/mol. The van der Waals surface area contributed by atoms with Gasteiger partial charge in [0.15, 0.2) is 0 Å². The number of halogens is 4. The normalized spacial score (nSPS) is 17.7. The second-order valence-electron chi connectivity index (χ2n) is 5.92. The summed E-state index contributed by atoms with van der Waals surface area (Å²) >= 11 is 5.53. The molecule has 6 nitrogen and oxygen atoms in total. The molecule has 0 aromatic heterocycles. The number of hydrogen-bond donors (Lipinski definition) is 2. The van der Waals surface area contributed by atoms with E-state index in [2.05, 4.69) is 10.6 Å². The molecule has 1 heterocycles.